The molecule has 0 saturated heterocycles. The van der Waals surface area contributed by atoms with E-state index in [1.54, 1.807) is 13.0 Å². The number of carbonyl (C=O) groups is 2. The number of rotatable bonds is 7. The van der Waals surface area contributed by atoms with E-state index in [1.807, 2.05) is 6.92 Å². The normalized spacial score (nSPS) is 10.1. The van der Waals surface area contributed by atoms with Crippen LogP contribution in [-0.2, 0) is 4.74 Å². The topological polar surface area (TPSA) is 103 Å². The Morgan fingerprint density at radius 1 is 1.50 bits per heavy atom. The Kier molecular flexibility index (Phi) is 5.79. The molecule has 7 heteroatoms. The Hall–Kier alpha value is -2.28. The minimum atomic E-state index is -1.13. The number of carbonyl (C=O) groups excluding carboxylic acids is 1. The van der Waals surface area contributed by atoms with Gasteiger partial charge in [-0.3, -0.25) is 0 Å². The number of aryl methyl sites for hydroxylation is 1. The van der Waals surface area contributed by atoms with E-state index in [0.717, 1.165) is 5.57 Å². The van der Waals surface area contributed by atoms with Gasteiger partial charge in [-0.15, -0.1) is 0 Å². The fourth-order valence-electron chi connectivity index (χ4n) is 1.51. The fraction of sp³-hybridized carbons (Fsp3) is 0.385. The molecule has 0 spiro atoms. The second-order valence-electron chi connectivity index (χ2n) is 4.44. The van der Waals surface area contributed by atoms with Crippen molar-refractivity contribution in [2.45, 2.75) is 13.8 Å². The monoisotopic (exact) mass is 281 g/mol. The molecule has 0 radical (unpaired) electrons. The van der Waals surface area contributed by atoms with Gasteiger partial charge in [-0.05, 0) is 19.9 Å². The molecule has 4 N–H and O–H groups in total. The SMILES string of the molecule is C=C(C)COCCNC(=O)Nc1cc(C)[nH]c1C(=O)O. The molecular formula is C13H19N3O4. The number of hydrogen-bond donors (Lipinski definition) is 4. The molecular weight excluding hydrogens is 262 g/mol. The minimum absolute atomic E-state index is 0.0452. The van der Waals surface area contributed by atoms with Crippen molar-refractivity contribution >= 4 is 17.7 Å². The van der Waals surface area contributed by atoms with Crippen LogP contribution in [0.15, 0.2) is 18.2 Å². The van der Waals surface area contributed by atoms with Crippen LogP contribution in [0.5, 0.6) is 0 Å². The van der Waals surface area contributed by atoms with E-state index in [2.05, 4.69) is 22.2 Å². The molecule has 0 fully saturated rings. The van der Waals surface area contributed by atoms with Gasteiger partial charge in [0.1, 0.15) is 5.69 Å². The van der Waals surface area contributed by atoms with Crippen molar-refractivity contribution in [3.8, 4) is 0 Å². The lowest BCUT2D eigenvalue weighted by Crippen LogP contribution is -2.32. The van der Waals surface area contributed by atoms with Crippen molar-refractivity contribution in [3.05, 3.63) is 29.6 Å². The summed E-state index contributed by atoms with van der Waals surface area (Å²) >= 11 is 0. The van der Waals surface area contributed by atoms with Gasteiger partial charge in [-0.2, -0.15) is 0 Å². The molecule has 1 aromatic heterocycles. The maximum absolute atomic E-state index is 11.6. The molecule has 0 unspecified atom stereocenters. The van der Waals surface area contributed by atoms with Gasteiger partial charge in [-0.25, -0.2) is 9.59 Å². The van der Waals surface area contributed by atoms with E-state index >= 15 is 0 Å². The second-order valence-corrected chi connectivity index (χ2v) is 4.44. The number of anilines is 1. The summed E-state index contributed by atoms with van der Waals surface area (Å²) in [5.74, 6) is -1.13. The Morgan fingerprint density at radius 3 is 2.80 bits per heavy atom. The van der Waals surface area contributed by atoms with Crippen LogP contribution in [0.1, 0.15) is 23.1 Å². The predicted octanol–water partition coefficient (Wildman–Crippen LogP) is 1.74. The molecule has 0 aromatic carbocycles. The van der Waals surface area contributed by atoms with Crippen molar-refractivity contribution in [2.75, 3.05) is 25.1 Å². The lowest BCUT2D eigenvalue weighted by atomic mass is 10.3. The van der Waals surface area contributed by atoms with Crippen LogP contribution in [0.3, 0.4) is 0 Å². The van der Waals surface area contributed by atoms with Crippen molar-refractivity contribution in [1.82, 2.24) is 10.3 Å². The van der Waals surface area contributed by atoms with Gasteiger partial charge in [0.25, 0.3) is 0 Å². The highest BCUT2D eigenvalue weighted by atomic mass is 16.5. The average molecular weight is 281 g/mol. The Bertz CT molecular complexity index is 508. The summed E-state index contributed by atoms with van der Waals surface area (Å²) in [4.78, 5) is 25.2. The van der Waals surface area contributed by atoms with Crippen LogP contribution in [0.2, 0.25) is 0 Å². The molecule has 1 rings (SSSR count). The number of carboxylic acids is 1. The van der Waals surface area contributed by atoms with Gasteiger partial charge in [0.05, 0.1) is 18.9 Å². The number of hydrogen-bond acceptors (Lipinski definition) is 3. The smallest absolute Gasteiger partial charge is 0.354 e. The first-order valence-electron chi connectivity index (χ1n) is 6.10. The van der Waals surface area contributed by atoms with E-state index in [1.165, 1.54) is 0 Å². The third-order valence-corrected chi connectivity index (χ3v) is 2.29. The summed E-state index contributed by atoms with van der Waals surface area (Å²) in [5.41, 5.74) is 1.75. The zero-order chi connectivity index (χ0) is 15.1. The molecule has 0 bridgehead atoms. The van der Waals surface area contributed by atoms with Crippen LogP contribution < -0.4 is 10.6 Å². The van der Waals surface area contributed by atoms with Crippen molar-refractivity contribution < 1.29 is 19.4 Å². The highest BCUT2D eigenvalue weighted by Crippen LogP contribution is 2.16. The van der Waals surface area contributed by atoms with Crippen LogP contribution in [0.4, 0.5) is 10.5 Å². The largest absolute Gasteiger partial charge is 0.477 e. The summed E-state index contributed by atoms with van der Waals surface area (Å²) in [6.07, 6.45) is 0. The third-order valence-electron chi connectivity index (χ3n) is 2.29. The quantitative estimate of drug-likeness (QED) is 0.451. The highest BCUT2D eigenvalue weighted by molar-refractivity contribution is 5.99. The van der Waals surface area contributed by atoms with Crippen molar-refractivity contribution in [2.24, 2.45) is 0 Å². The molecule has 0 atom stereocenters. The molecule has 20 heavy (non-hydrogen) atoms. The van der Waals surface area contributed by atoms with E-state index in [0.29, 0.717) is 25.5 Å². The third kappa shape index (κ3) is 5.15. The van der Waals surface area contributed by atoms with Crippen LogP contribution >= 0.6 is 0 Å². The highest BCUT2D eigenvalue weighted by Gasteiger charge is 2.14. The summed E-state index contributed by atoms with van der Waals surface area (Å²) in [7, 11) is 0. The second kappa shape index (κ2) is 7.34. The van der Waals surface area contributed by atoms with Crippen LogP contribution in [0, 0.1) is 6.92 Å². The van der Waals surface area contributed by atoms with E-state index in [9.17, 15) is 9.59 Å². The lowest BCUT2D eigenvalue weighted by Gasteiger charge is -2.07. The number of amides is 2. The number of aromatic carboxylic acids is 1. The number of aromatic amines is 1. The zero-order valence-electron chi connectivity index (χ0n) is 11.6. The molecule has 0 saturated carbocycles. The molecule has 0 aliphatic rings. The zero-order valence-corrected chi connectivity index (χ0v) is 11.6. The Morgan fingerprint density at radius 2 is 2.20 bits per heavy atom. The molecule has 2 amide bonds. The fourth-order valence-corrected chi connectivity index (χ4v) is 1.51. The van der Waals surface area contributed by atoms with Crippen LogP contribution in [0.25, 0.3) is 0 Å². The van der Waals surface area contributed by atoms with E-state index in [4.69, 9.17) is 9.84 Å². The van der Waals surface area contributed by atoms with Gasteiger partial charge < -0.3 is 25.5 Å². The molecule has 7 nitrogen and oxygen atoms in total. The minimum Gasteiger partial charge on any atom is -0.477 e. The summed E-state index contributed by atoms with van der Waals surface area (Å²) in [6, 6.07) is 1.08. The van der Waals surface area contributed by atoms with Gasteiger partial charge in [0.15, 0.2) is 0 Å². The first-order valence-corrected chi connectivity index (χ1v) is 6.10. The van der Waals surface area contributed by atoms with Gasteiger partial charge >= 0.3 is 12.0 Å². The van der Waals surface area contributed by atoms with E-state index in [-0.39, 0.29) is 11.4 Å². The number of carboxylic acid groups (broad SMARTS) is 1. The maximum Gasteiger partial charge on any atom is 0.354 e. The number of ether oxygens (including phenoxy) is 1. The maximum atomic E-state index is 11.6. The number of H-pyrrole nitrogens is 1. The summed E-state index contributed by atoms with van der Waals surface area (Å²) in [5, 5.41) is 14.0. The van der Waals surface area contributed by atoms with E-state index < -0.39 is 12.0 Å². The lowest BCUT2D eigenvalue weighted by molar-refractivity contribution is 0.0692. The first kappa shape index (κ1) is 15.8. The summed E-state index contributed by atoms with van der Waals surface area (Å²) in [6.45, 7) is 8.38. The Balaban J connectivity index is 2.39. The average Bonchev–Trinajstić information content (AvgIpc) is 2.69. The number of urea groups is 1. The molecule has 0 aliphatic carbocycles. The summed E-state index contributed by atoms with van der Waals surface area (Å²) < 4.78 is 5.22. The number of nitrogens with one attached hydrogen (secondary N) is 3. The molecule has 0 aliphatic heterocycles. The number of aromatic nitrogens is 1. The van der Waals surface area contributed by atoms with Gasteiger partial charge in [0, 0.05) is 12.2 Å². The van der Waals surface area contributed by atoms with Gasteiger partial charge in [0.2, 0.25) is 0 Å². The molecule has 110 valence electrons. The molecule has 1 heterocycles. The van der Waals surface area contributed by atoms with Crippen molar-refractivity contribution in [1.29, 1.82) is 0 Å². The van der Waals surface area contributed by atoms with Gasteiger partial charge in [-0.1, -0.05) is 12.2 Å². The Labute approximate surface area is 117 Å². The predicted molar refractivity (Wildman–Crippen MR) is 75.1 cm³/mol. The standard InChI is InChI=1S/C13H19N3O4/c1-8(2)7-20-5-4-14-13(19)16-10-6-9(3)15-11(10)12(17)18/h6,15H,1,4-5,7H2,2-3H3,(H,17,18)(H2,14,16,19). The first-order chi connectivity index (χ1) is 9.40. The van der Waals surface area contributed by atoms with Crippen molar-refractivity contribution in [3.63, 3.8) is 0 Å². The molecule has 1 aromatic rings. The van der Waals surface area contributed by atoms with Crippen LogP contribution in [-0.4, -0.2) is 41.8 Å².